The first-order valence-electron chi connectivity index (χ1n) is 7.18. The number of hydrogen-bond donors (Lipinski definition) is 2. The third-order valence-corrected chi connectivity index (χ3v) is 3.78. The first-order chi connectivity index (χ1) is 9.95. The van der Waals surface area contributed by atoms with Gasteiger partial charge in [0.15, 0.2) is 0 Å². The third kappa shape index (κ3) is 4.21. The molecule has 0 atom stereocenters. The molecule has 0 saturated heterocycles. The Kier molecular flexibility index (Phi) is 4.83. The van der Waals surface area contributed by atoms with Gasteiger partial charge in [0.1, 0.15) is 5.75 Å². The molecule has 114 valence electrons. The maximum Gasteiger partial charge on any atom is 0.306 e. The fraction of sp³-hybridized carbons (Fsp3) is 0.500. The van der Waals surface area contributed by atoms with E-state index in [1.807, 2.05) is 32.0 Å². The van der Waals surface area contributed by atoms with Crippen molar-refractivity contribution in [3.63, 3.8) is 0 Å². The molecule has 5 heteroatoms. The van der Waals surface area contributed by atoms with Crippen LogP contribution in [-0.4, -0.2) is 29.6 Å². The zero-order chi connectivity index (χ0) is 15.4. The fourth-order valence-corrected chi connectivity index (χ4v) is 2.35. The molecule has 1 aliphatic carbocycles. The number of nitrogens with one attached hydrogen (secondary N) is 1. The summed E-state index contributed by atoms with van der Waals surface area (Å²) in [6.45, 7) is 4.29. The Bertz CT molecular complexity index is 535. The minimum atomic E-state index is -0.779. The second kappa shape index (κ2) is 6.61. The van der Waals surface area contributed by atoms with Crippen LogP contribution in [0.3, 0.4) is 0 Å². The van der Waals surface area contributed by atoms with E-state index in [4.69, 9.17) is 9.84 Å². The fourth-order valence-electron chi connectivity index (χ4n) is 2.35. The highest BCUT2D eigenvalue weighted by atomic mass is 16.5. The summed E-state index contributed by atoms with van der Waals surface area (Å²) in [5.74, 6) is -0.369. The number of carbonyl (C=O) groups excluding carboxylic acids is 1. The number of aliphatic carboxylic acids is 1. The van der Waals surface area contributed by atoms with Crippen LogP contribution in [0.25, 0.3) is 0 Å². The van der Waals surface area contributed by atoms with Crippen molar-refractivity contribution in [2.24, 2.45) is 5.92 Å². The summed E-state index contributed by atoms with van der Waals surface area (Å²) in [6, 6.07) is 5.96. The minimum Gasteiger partial charge on any atom is -0.493 e. The Morgan fingerprint density at radius 3 is 2.71 bits per heavy atom. The molecular formula is C16H21NO4. The van der Waals surface area contributed by atoms with Crippen molar-refractivity contribution in [1.29, 1.82) is 0 Å². The van der Waals surface area contributed by atoms with Gasteiger partial charge in [-0.3, -0.25) is 9.59 Å². The van der Waals surface area contributed by atoms with E-state index >= 15 is 0 Å². The number of ether oxygens (including phenoxy) is 1. The quantitative estimate of drug-likeness (QED) is 0.841. The van der Waals surface area contributed by atoms with Crippen molar-refractivity contribution < 1.29 is 19.4 Å². The highest BCUT2D eigenvalue weighted by molar-refractivity contribution is 5.77. The van der Waals surface area contributed by atoms with Crippen LogP contribution in [0.2, 0.25) is 0 Å². The van der Waals surface area contributed by atoms with Gasteiger partial charge in [-0.05, 0) is 43.9 Å². The summed E-state index contributed by atoms with van der Waals surface area (Å²) in [7, 11) is 0. The molecule has 1 amide bonds. The summed E-state index contributed by atoms with van der Waals surface area (Å²) >= 11 is 0. The van der Waals surface area contributed by atoms with Crippen molar-refractivity contribution in [2.75, 3.05) is 6.61 Å². The monoisotopic (exact) mass is 291 g/mol. The molecule has 0 bridgehead atoms. The lowest BCUT2D eigenvalue weighted by Gasteiger charge is -2.32. The van der Waals surface area contributed by atoms with Crippen LogP contribution in [0, 0.1) is 19.8 Å². The second-order valence-electron chi connectivity index (χ2n) is 5.64. The predicted octanol–water partition coefficient (Wildman–Crippen LogP) is 2.05. The van der Waals surface area contributed by atoms with E-state index in [2.05, 4.69) is 5.32 Å². The molecule has 0 aliphatic heterocycles. The molecule has 0 heterocycles. The Labute approximate surface area is 124 Å². The Balaban J connectivity index is 1.68. The van der Waals surface area contributed by atoms with Gasteiger partial charge in [-0.1, -0.05) is 12.1 Å². The van der Waals surface area contributed by atoms with Crippen LogP contribution in [0.1, 0.15) is 30.4 Å². The number of benzene rings is 1. The smallest absolute Gasteiger partial charge is 0.306 e. The Morgan fingerprint density at radius 2 is 2.05 bits per heavy atom. The normalized spacial score (nSPS) is 20.5. The van der Waals surface area contributed by atoms with Crippen LogP contribution in [-0.2, 0) is 9.59 Å². The maximum absolute atomic E-state index is 11.7. The van der Waals surface area contributed by atoms with Crippen molar-refractivity contribution >= 4 is 11.9 Å². The highest BCUT2D eigenvalue weighted by Crippen LogP contribution is 2.27. The van der Waals surface area contributed by atoms with Crippen molar-refractivity contribution in [1.82, 2.24) is 5.32 Å². The molecule has 1 aromatic rings. The summed E-state index contributed by atoms with van der Waals surface area (Å²) < 4.78 is 5.63. The minimum absolute atomic E-state index is 0.000643. The first-order valence-corrected chi connectivity index (χ1v) is 7.18. The average molecular weight is 291 g/mol. The van der Waals surface area contributed by atoms with E-state index in [-0.39, 0.29) is 24.3 Å². The third-order valence-electron chi connectivity index (χ3n) is 3.78. The number of hydrogen-bond acceptors (Lipinski definition) is 3. The lowest BCUT2D eigenvalue weighted by Crippen LogP contribution is -2.46. The van der Waals surface area contributed by atoms with E-state index in [0.717, 1.165) is 16.9 Å². The van der Waals surface area contributed by atoms with Gasteiger partial charge in [0.25, 0.3) is 0 Å². The summed E-state index contributed by atoms with van der Waals surface area (Å²) in [4.78, 5) is 22.4. The Hall–Kier alpha value is -2.04. The van der Waals surface area contributed by atoms with Crippen LogP contribution < -0.4 is 10.1 Å². The van der Waals surface area contributed by atoms with Crippen molar-refractivity contribution in [3.8, 4) is 5.75 Å². The van der Waals surface area contributed by atoms with Gasteiger partial charge in [-0.25, -0.2) is 0 Å². The van der Waals surface area contributed by atoms with E-state index in [1.54, 1.807) is 0 Å². The van der Waals surface area contributed by atoms with Crippen molar-refractivity contribution in [3.05, 3.63) is 29.3 Å². The maximum atomic E-state index is 11.7. The molecule has 0 aromatic heterocycles. The highest BCUT2D eigenvalue weighted by Gasteiger charge is 2.35. The van der Waals surface area contributed by atoms with Gasteiger partial charge in [0.05, 0.1) is 18.9 Å². The molecule has 21 heavy (non-hydrogen) atoms. The zero-order valence-corrected chi connectivity index (χ0v) is 12.4. The molecule has 5 nitrogen and oxygen atoms in total. The van der Waals surface area contributed by atoms with Crippen LogP contribution in [0.4, 0.5) is 0 Å². The molecule has 2 N–H and O–H groups in total. The lowest BCUT2D eigenvalue weighted by molar-refractivity contribution is -0.146. The molecule has 1 saturated carbocycles. The van der Waals surface area contributed by atoms with E-state index in [9.17, 15) is 9.59 Å². The average Bonchev–Trinajstić information content (AvgIpc) is 2.37. The Morgan fingerprint density at radius 1 is 1.33 bits per heavy atom. The summed E-state index contributed by atoms with van der Waals surface area (Å²) in [6.07, 6.45) is 1.33. The molecule has 0 unspecified atom stereocenters. The van der Waals surface area contributed by atoms with Gasteiger partial charge < -0.3 is 15.2 Å². The molecule has 1 aromatic carbocycles. The number of amides is 1. The molecule has 0 radical (unpaired) electrons. The number of carbonyl (C=O) groups is 2. The lowest BCUT2D eigenvalue weighted by atomic mass is 9.80. The number of carboxylic acids is 1. The molecular weight excluding hydrogens is 270 g/mol. The van der Waals surface area contributed by atoms with E-state index in [1.165, 1.54) is 0 Å². The molecule has 2 rings (SSSR count). The number of rotatable bonds is 6. The standard InChI is InChI=1S/C16H21NO4/c1-10-3-4-11(2)14(7-10)21-6-5-15(18)17-13-8-12(9-13)16(19)20/h3-4,7,12-13H,5-6,8-9H2,1-2H3,(H,17,18)(H,19,20). The summed E-state index contributed by atoms with van der Waals surface area (Å²) in [5.41, 5.74) is 2.17. The number of aryl methyl sites for hydroxylation is 2. The van der Waals surface area contributed by atoms with Crippen LogP contribution in [0.15, 0.2) is 18.2 Å². The summed E-state index contributed by atoms with van der Waals surface area (Å²) in [5, 5.41) is 11.6. The van der Waals surface area contributed by atoms with Gasteiger partial charge in [-0.2, -0.15) is 0 Å². The van der Waals surface area contributed by atoms with Gasteiger partial charge in [0, 0.05) is 6.04 Å². The van der Waals surface area contributed by atoms with Gasteiger partial charge >= 0.3 is 5.97 Å². The molecule has 0 spiro atoms. The van der Waals surface area contributed by atoms with Gasteiger partial charge in [-0.15, -0.1) is 0 Å². The van der Waals surface area contributed by atoms with E-state index < -0.39 is 5.97 Å². The second-order valence-corrected chi connectivity index (χ2v) is 5.64. The van der Waals surface area contributed by atoms with Crippen LogP contribution >= 0.6 is 0 Å². The van der Waals surface area contributed by atoms with Gasteiger partial charge in [0.2, 0.25) is 5.91 Å². The largest absolute Gasteiger partial charge is 0.493 e. The SMILES string of the molecule is Cc1ccc(C)c(OCCC(=O)NC2CC(C(=O)O)C2)c1. The predicted molar refractivity (Wildman–Crippen MR) is 78.3 cm³/mol. The first kappa shape index (κ1) is 15.4. The van der Waals surface area contributed by atoms with Crippen molar-refractivity contribution in [2.45, 2.75) is 39.2 Å². The zero-order valence-electron chi connectivity index (χ0n) is 12.4. The van der Waals surface area contributed by atoms with E-state index in [0.29, 0.717) is 19.4 Å². The topological polar surface area (TPSA) is 75.6 Å². The molecule has 1 fully saturated rings. The number of carboxylic acid groups (broad SMARTS) is 1. The van der Waals surface area contributed by atoms with Crippen LogP contribution in [0.5, 0.6) is 5.75 Å². The molecule has 1 aliphatic rings.